The first kappa shape index (κ1) is 15.5. The zero-order valence-corrected chi connectivity index (χ0v) is 13.2. The average Bonchev–Trinajstić information content (AvgIpc) is 2.43. The van der Waals surface area contributed by atoms with E-state index in [-0.39, 0.29) is 10.9 Å². The fourth-order valence-corrected chi connectivity index (χ4v) is 3.09. The van der Waals surface area contributed by atoms with Crippen molar-refractivity contribution in [1.82, 2.24) is 0 Å². The Morgan fingerprint density at radius 2 is 1.76 bits per heavy atom. The van der Waals surface area contributed by atoms with Crippen molar-refractivity contribution in [1.29, 1.82) is 0 Å². The van der Waals surface area contributed by atoms with Crippen molar-refractivity contribution in [3.63, 3.8) is 0 Å². The summed E-state index contributed by atoms with van der Waals surface area (Å²) in [6.45, 7) is 5.76. The first-order chi connectivity index (χ1) is 9.79. The average molecular weight is 304 g/mol. The van der Waals surface area contributed by atoms with Gasteiger partial charge in [0.05, 0.1) is 4.90 Å². The normalized spacial score (nSPS) is 13.0. The second-order valence-corrected chi connectivity index (χ2v) is 6.95. The Hall–Kier alpha value is -1.85. The Bertz CT molecular complexity index is 753. The van der Waals surface area contributed by atoms with E-state index in [1.807, 2.05) is 39.0 Å². The van der Waals surface area contributed by atoms with Crippen LogP contribution in [-0.2, 0) is 10.0 Å². The summed E-state index contributed by atoms with van der Waals surface area (Å²) in [4.78, 5) is 0.218. The molecule has 0 amide bonds. The highest BCUT2D eigenvalue weighted by Crippen LogP contribution is 2.21. The number of hydrogen-bond acceptors (Lipinski definition) is 3. The molecular formula is C16H20N2O2S. The summed E-state index contributed by atoms with van der Waals surface area (Å²) in [6.07, 6.45) is 0. The molecule has 0 spiro atoms. The molecule has 1 atom stereocenters. The van der Waals surface area contributed by atoms with Gasteiger partial charge in [0, 0.05) is 11.7 Å². The number of benzene rings is 2. The Labute approximate surface area is 126 Å². The van der Waals surface area contributed by atoms with Crippen LogP contribution in [0.5, 0.6) is 0 Å². The lowest BCUT2D eigenvalue weighted by Gasteiger charge is -2.12. The monoisotopic (exact) mass is 304 g/mol. The smallest absolute Gasteiger partial charge is 0.261 e. The Morgan fingerprint density at radius 3 is 2.38 bits per heavy atom. The minimum absolute atomic E-state index is 0.207. The third kappa shape index (κ3) is 3.62. The molecule has 3 N–H and O–H groups in total. The lowest BCUT2D eigenvalue weighted by molar-refractivity contribution is 0.601. The molecule has 0 aliphatic rings. The predicted octanol–water partition coefficient (Wildman–Crippen LogP) is 3.12. The second-order valence-electron chi connectivity index (χ2n) is 5.27. The quantitative estimate of drug-likeness (QED) is 0.911. The molecule has 0 fully saturated rings. The lowest BCUT2D eigenvalue weighted by atomic mass is 10.1. The van der Waals surface area contributed by atoms with E-state index in [0.29, 0.717) is 5.69 Å². The second kappa shape index (κ2) is 5.87. The van der Waals surface area contributed by atoms with Gasteiger partial charge in [0.25, 0.3) is 10.0 Å². The summed E-state index contributed by atoms with van der Waals surface area (Å²) < 4.78 is 27.4. The van der Waals surface area contributed by atoms with Crippen LogP contribution in [0.2, 0.25) is 0 Å². The molecule has 112 valence electrons. The summed E-state index contributed by atoms with van der Waals surface area (Å²) in [7, 11) is -3.60. The summed E-state index contributed by atoms with van der Waals surface area (Å²) in [5, 5.41) is 0. The van der Waals surface area contributed by atoms with Gasteiger partial charge in [-0.2, -0.15) is 0 Å². The molecule has 2 rings (SSSR count). The predicted molar refractivity (Wildman–Crippen MR) is 85.8 cm³/mol. The number of nitrogens with two attached hydrogens (primary N) is 1. The molecule has 0 aliphatic heterocycles. The third-order valence-electron chi connectivity index (χ3n) is 3.45. The molecule has 0 bridgehead atoms. The van der Waals surface area contributed by atoms with Crippen molar-refractivity contribution in [2.45, 2.75) is 31.7 Å². The first-order valence-corrected chi connectivity index (χ1v) is 8.23. The van der Waals surface area contributed by atoms with E-state index >= 15 is 0 Å². The summed E-state index contributed by atoms with van der Waals surface area (Å²) in [5.74, 6) is 0. The highest BCUT2D eigenvalue weighted by atomic mass is 32.2. The molecule has 0 aromatic heterocycles. The van der Waals surface area contributed by atoms with Gasteiger partial charge in [-0.25, -0.2) is 8.42 Å². The van der Waals surface area contributed by atoms with Gasteiger partial charge < -0.3 is 5.73 Å². The van der Waals surface area contributed by atoms with Crippen LogP contribution in [0.15, 0.2) is 47.4 Å². The molecule has 1 unspecified atom stereocenters. The number of sulfonamides is 1. The minimum Gasteiger partial charge on any atom is -0.324 e. The molecule has 5 heteroatoms. The van der Waals surface area contributed by atoms with Crippen molar-refractivity contribution >= 4 is 15.7 Å². The lowest BCUT2D eigenvalue weighted by Crippen LogP contribution is -2.14. The molecule has 21 heavy (non-hydrogen) atoms. The van der Waals surface area contributed by atoms with Gasteiger partial charge in [-0.05, 0) is 61.7 Å². The van der Waals surface area contributed by atoms with Gasteiger partial charge in [0.15, 0.2) is 0 Å². The Balaban J connectivity index is 2.33. The van der Waals surface area contributed by atoms with Crippen molar-refractivity contribution in [2.24, 2.45) is 5.73 Å². The van der Waals surface area contributed by atoms with E-state index in [0.717, 1.165) is 16.7 Å². The Kier molecular flexibility index (Phi) is 4.34. The largest absolute Gasteiger partial charge is 0.324 e. The van der Waals surface area contributed by atoms with Gasteiger partial charge >= 0.3 is 0 Å². The van der Waals surface area contributed by atoms with E-state index in [4.69, 9.17) is 5.73 Å². The van der Waals surface area contributed by atoms with Crippen LogP contribution in [0.3, 0.4) is 0 Å². The van der Waals surface area contributed by atoms with Crippen molar-refractivity contribution < 1.29 is 8.42 Å². The molecular weight excluding hydrogens is 284 g/mol. The number of nitrogens with one attached hydrogen (secondary N) is 1. The zero-order valence-electron chi connectivity index (χ0n) is 12.4. The molecule has 0 saturated carbocycles. The zero-order chi connectivity index (χ0) is 15.6. The van der Waals surface area contributed by atoms with Crippen LogP contribution in [-0.4, -0.2) is 8.42 Å². The number of rotatable bonds is 4. The maximum atomic E-state index is 12.4. The van der Waals surface area contributed by atoms with E-state index < -0.39 is 10.0 Å². The maximum Gasteiger partial charge on any atom is 0.261 e. The molecule has 0 aliphatic carbocycles. The summed E-state index contributed by atoms with van der Waals surface area (Å²) >= 11 is 0. The van der Waals surface area contributed by atoms with Gasteiger partial charge in [-0.1, -0.05) is 18.2 Å². The maximum absolute atomic E-state index is 12.4. The van der Waals surface area contributed by atoms with Crippen molar-refractivity contribution in [3.8, 4) is 0 Å². The van der Waals surface area contributed by atoms with Crippen LogP contribution in [0.25, 0.3) is 0 Å². The molecule has 2 aromatic rings. The highest BCUT2D eigenvalue weighted by Gasteiger charge is 2.15. The molecule has 0 heterocycles. The van der Waals surface area contributed by atoms with Gasteiger partial charge in [-0.15, -0.1) is 0 Å². The first-order valence-electron chi connectivity index (χ1n) is 6.75. The van der Waals surface area contributed by atoms with Crippen LogP contribution >= 0.6 is 0 Å². The number of aryl methyl sites for hydroxylation is 2. The van der Waals surface area contributed by atoms with Gasteiger partial charge in [0.2, 0.25) is 0 Å². The summed E-state index contributed by atoms with van der Waals surface area (Å²) in [5.41, 5.74) is 9.31. The standard InChI is InChI=1S/C16H20N2O2S/c1-11-7-8-15(9-12(11)2)18-21(19,20)16-6-4-5-14(10-16)13(3)17/h4-10,13,18H,17H2,1-3H3. The highest BCUT2D eigenvalue weighted by molar-refractivity contribution is 7.92. The van der Waals surface area contributed by atoms with Gasteiger partial charge in [-0.3, -0.25) is 4.72 Å². The molecule has 0 saturated heterocycles. The summed E-state index contributed by atoms with van der Waals surface area (Å²) in [6, 6.07) is 12.0. The topological polar surface area (TPSA) is 72.2 Å². The Morgan fingerprint density at radius 1 is 1.05 bits per heavy atom. The number of anilines is 1. The van der Waals surface area contributed by atoms with E-state index in [9.17, 15) is 8.42 Å². The third-order valence-corrected chi connectivity index (χ3v) is 4.83. The SMILES string of the molecule is Cc1ccc(NS(=O)(=O)c2cccc(C(C)N)c2)cc1C. The van der Waals surface area contributed by atoms with Crippen LogP contribution in [0, 0.1) is 13.8 Å². The number of hydrogen-bond donors (Lipinski definition) is 2. The minimum atomic E-state index is -3.60. The van der Waals surface area contributed by atoms with E-state index in [2.05, 4.69) is 4.72 Å². The van der Waals surface area contributed by atoms with Crippen molar-refractivity contribution in [3.05, 3.63) is 59.2 Å². The van der Waals surface area contributed by atoms with Crippen molar-refractivity contribution in [2.75, 3.05) is 4.72 Å². The fourth-order valence-electron chi connectivity index (χ4n) is 1.98. The fraction of sp³-hybridized carbons (Fsp3) is 0.250. The van der Waals surface area contributed by atoms with Crippen LogP contribution < -0.4 is 10.5 Å². The molecule has 2 aromatic carbocycles. The molecule has 0 radical (unpaired) electrons. The van der Waals surface area contributed by atoms with E-state index in [1.54, 1.807) is 24.3 Å². The van der Waals surface area contributed by atoms with Crippen LogP contribution in [0.1, 0.15) is 29.7 Å². The van der Waals surface area contributed by atoms with Crippen LogP contribution in [0.4, 0.5) is 5.69 Å². The van der Waals surface area contributed by atoms with E-state index in [1.165, 1.54) is 0 Å². The van der Waals surface area contributed by atoms with Gasteiger partial charge in [0.1, 0.15) is 0 Å². The molecule has 4 nitrogen and oxygen atoms in total.